The summed E-state index contributed by atoms with van der Waals surface area (Å²) in [7, 11) is 5.51. The highest BCUT2D eigenvalue weighted by Crippen LogP contribution is 2.41. The Morgan fingerprint density at radius 1 is 1.12 bits per heavy atom. The van der Waals surface area contributed by atoms with Crippen LogP contribution in [-0.4, -0.2) is 45.1 Å². The third kappa shape index (κ3) is 7.83. The van der Waals surface area contributed by atoms with Crippen molar-refractivity contribution in [1.82, 2.24) is 10.3 Å². The number of anilines is 5. The molecule has 0 aliphatic heterocycles. The first-order valence-corrected chi connectivity index (χ1v) is 12.8. The molecule has 0 spiro atoms. The second kappa shape index (κ2) is 13.7. The number of aromatic nitrogens is 1. The molecule has 0 radical (unpaired) electrons. The van der Waals surface area contributed by atoms with Crippen LogP contribution in [0, 0.1) is 12.8 Å². The second-order valence-electron chi connectivity index (χ2n) is 8.40. The molecule has 9 heteroatoms. The maximum absolute atomic E-state index is 9.57. The van der Waals surface area contributed by atoms with Gasteiger partial charge in [0.05, 0.1) is 11.4 Å². The molecule has 2 aliphatic rings. The molecule has 2 aromatic rings. The van der Waals surface area contributed by atoms with Crippen molar-refractivity contribution in [2.45, 2.75) is 44.9 Å². The molecule has 2 aliphatic carbocycles. The fraction of sp³-hybridized carbons (Fsp3) is 0.480. The lowest BCUT2D eigenvalue weighted by Gasteiger charge is -2.28. The summed E-state index contributed by atoms with van der Waals surface area (Å²) in [5.74, 6) is 2.48. The smallest absolute Gasteiger partial charge is 0.206 e. The topological polar surface area (TPSA) is 112 Å². The average molecular weight is 487 g/mol. The Labute approximate surface area is 207 Å². The third-order valence-corrected chi connectivity index (χ3v) is 6.72. The Morgan fingerprint density at radius 2 is 1.79 bits per heavy atom. The van der Waals surface area contributed by atoms with Crippen molar-refractivity contribution >= 4 is 53.3 Å². The zero-order valence-corrected chi connectivity index (χ0v) is 21.7. The zero-order valence-electron chi connectivity index (χ0n) is 20.9. The molecule has 8 nitrogen and oxygen atoms in total. The molecule has 34 heavy (non-hydrogen) atoms. The summed E-state index contributed by atoms with van der Waals surface area (Å²) >= 11 is 1.71. The highest BCUT2D eigenvalue weighted by atomic mass is 32.2. The van der Waals surface area contributed by atoms with Gasteiger partial charge in [0.2, 0.25) is 6.41 Å². The summed E-state index contributed by atoms with van der Waals surface area (Å²) < 4.78 is 2.20. The number of hydrogen-bond donors (Lipinski definition) is 4. The van der Waals surface area contributed by atoms with Crippen molar-refractivity contribution in [2.24, 2.45) is 5.92 Å². The van der Waals surface area contributed by atoms with Crippen LogP contribution >= 0.6 is 11.9 Å². The van der Waals surface area contributed by atoms with E-state index in [1.54, 1.807) is 19.0 Å². The summed E-state index contributed by atoms with van der Waals surface area (Å²) in [4.78, 5) is 23.0. The molecule has 0 bridgehead atoms. The second-order valence-corrected chi connectivity index (χ2v) is 9.32. The maximum atomic E-state index is 9.57. The zero-order chi connectivity index (χ0) is 25.1. The number of hydrogen-bond acceptors (Lipinski definition) is 8. The molecule has 4 rings (SSSR count). The van der Waals surface area contributed by atoms with Crippen LogP contribution in [0.5, 0.6) is 0 Å². The van der Waals surface area contributed by atoms with Crippen molar-refractivity contribution in [2.75, 3.05) is 48.1 Å². The molecular weight excluding hydrogens is 448 g/mol. The molecule has 2 fully saturated rings. The minimum absolute atomic E-state index is 0.454. The quantitative estimate of drug-likeness (QED) is 0.314. The van der Waals surface area contributed by atoms with Gasteiger partial charge in [-0.1, -0.05) is 24.4 Å². The van der Waals surface area contributed by atoms with Crippen LogP contribution in [-0.2, 0) is 9.59 Å². The first-order chi connectivity index (χ1) is 16.4. The summed E-state index contributed by atoms with van der Waals surface area (Å²) in [5, 5.41) is 8.87. The van der Waals surface area contributed by atoms with Crippen LogP contribution in [0.2, 0.25) is 0 Å². The fourth-order valence-electron chi connectivity index (χ4n) is 3.27. The van der Waals surface area contributed by atoms with E-state index in [4.69, 9.17) is 10.5 Å². The number of nitrogens with zero attached hydrogens (tertiary/aromatic N) is 2. The van der Waals surface area contributed by atoms with Gasteiger partial charge in [0.25, 0.3) is 0 Å². The van der Waals surface area contributed by atoms with Gasteiger partial charge in [-0.05, 0) is 56.2 Å². The molecule has 5 N–H and O–H groups in total. The predicted molar refractivity (Wildman–Crippen MR) is 145 cm³/mol. The van der Waals surface area contributed by atoms with Crippen molar-refractivity contribution in [3.8, 4) is 0 Å². The Hall–Kier alpha value is -2.94. The Morgan fingerprint density at radius 3 is 2.24 bits per heavy atom. The third-order valence-electron chi connectivity index (χ3n) is 5.98. The first kappa shape index (κ1) is 27.3. The van der Waals surface area contributed by atoms with E-state index in [2.05, 4.69) is 56.7 Å². The Kier molecular flexibility index (Phi) is 11.0. The maximum Gasteiger partial charge on any atom is 0.206 e. The molecule has 0 saturated heterocycles. The molecule has 1 aromatic carbocycles. The monoisotopic (exact) mass is 486 g/mol. The van der Waals surface area contributed by atoms with Crippen LogP contribution in [0.3, 0.4) is 0 Å². The van der Waals surface area contributed by atoms with Gasteiger partial charge in [-0.15, -0.1) is 0 Å². The number of amides is 1. The standard InChI is InChI=1S/C19H27N5S.C4H6O.C2H5NO/c1-12-16(11-18(21-2)23-19(12)20)22-15-9-8-14(13-6-5-7-13)10-17(15)24(3)25-4;5-3-4-1-2-4;1-3-2-4/h8-11,13H,5-7H2,1-4H3,(H4,20,21,22,23);3-4H,1-2H2;2H,1H3,(H,3,4). The largest absolute Gasteiger partial charge is 0.383 e. The number of benzene rings is 1. The number of nitrogens with one attached hydrogen (secondary N) is 3. The summed E-state index contributed by atoms with van der Waals surface area (Å²) in [6.45, 7) is 1.99. The molecule has 186 valence electrons. The number of aldehydes is 1. The van der Waals surface area contributed by atoms with E-state index in [9.17, 15) is 4.79 Å². The van der Waals surface area contributed by atoms with E-state index in [0.717, 1.165) is 47.8 Å². The number of nitrogen functional groups attached to an aromatic ring is 1. The molecule has 0 atom stereocenters. The minimum atomic E-state index is 0.454. The van der Waals surface area contributed by atoms with Gasteiger partial charge in [-0.2, -0.15) is 0 Å². The molecule has 1 aromatic heterocycles. The van der Waals surface area contributed by atoms with Crippen LogP contribution < -0.4 is 26.0 Å². The summed E-state index contributed by atoms with van der Waals surface area (Å²) in [6, 6.07) is 8.75. The number of nitrogens with two attached hydrogens (primary N) is 1. The molecule has 2 saturated carbocycles. The minimum Gasteiger partial charge on any atom is -0.383 e. The lowest BCUT2D eigenvalue weighted by atomic mass is 9.80. The van der Waals surface area contributed by atoms with E-state index >= 15 is 0 Å². The van der Waals surface area contributed by atoms with Gasteiger partial charge in [-0.3, -0.25) is 4.79 Å². The normalized spacial score (nSPS) is 14.3. The van der Waals surface area contributed by atoms with Gasteiger partial charge in [-0.25, -0.2) is 4.98 Å². The average Bonchev–Trinajstić information content (AvgIpc) is 3.66. The summed E-state index contributed by atoms with van der Waals surface area (Å²) in [6.07, 6.45) is 9.99. The predicted octanol–water partition coefficient (Wildman–Crippen LogP) is 4.70. The van der Waals surface area contributed by atoms with E-state index in [-0.39, 0.29) is 0 Å². The number of carbonyl (C=O) groups is 2. The van der Waals surface area contributed by atoms with Crippen LogP contribution in [0.15, 0.2) is 24.3 Å². The highest BCUT2D eigenvalue weighted by molar-refractivity contribution is 7.99. The lowest BCUT2D eigenvalue weighted by molar-refractivity contribution is -0.109. The van der Waals surface area contributed by atoms with E-state index in [0.29, 0.717) is 18.1 Å². The first-order valence-electron chi connectivity index (χ1n) is 11.6. The van der Waals surface area contributed by atoms with Gasteiger partial charge in [0.1, 0.15) is 17.9 Å². The summed E-state index contributed by atoms with van der Waals surface area (Å²) in [5.41, 5.74) is 11.7. The molecular formula is C25H38N6O2S. The molecule has 1 amide bonds. The van der Waals surface area contributed by atoms with E-state index in [1.807, 2.05) is 20.0 Å². The fourth-order valence-corrected chi connectivity index (χ4v) is 3.62. The van der Waals surface area contributed by atoms with Gasteiger partial charge >= 0.3 is 0 Å². The lowest BCUT2D eigenvalue weighted by Crippen LogP contribution is -2.13. The van der Waals surface area contributed by atoms with Crippen molar-refractivity contribution < 1.29 is 9.59 Å². The van der Waals surface area contributed by atoms with Crippen molar-refractivity contribution in [1.29, 1.82) is 0 Å². The Balaban J connectivity index is 0.000000382. The van der Waals surface area contributed by atoms with Crippen LogP contribution in [0.25, 0.3) is 0 Å². The van der Waals surface area contributed by atoms with Crippen LogP contribution in [0.1, 0.15) is 49.1 Å². The van der Waals surface area contributed by atoms with E-state index in [1.165, 1.54) is 30.5 Å². The van der Waals surface area contributed by atoms with Gasteiger partial charge in [0.15, 0.2) is 0 Å². The van der Waals surface area contributed by atoms with Gasteiger partial charge < -0.3 is 30.8 Å². The van der Waals surface area contributed by atoms with Crippen LogP contribution in [0.4, 0.5) is 28.7 Å². The van der Waals surface area contributed by atoms with Gasteiger partial charge in [0, 0.05) is 50.6 Å². The number of pyridine rings is 1. The molecule has 0 unspecified atom stereocenters. The number of carbonyl (C=O) groups excluding carboxylic acids is 2. The van der Waals surface area contributed by atoms with Crippen molar-refractivity contribution in [3.05, 3.63) is 35.4 Å². The van der Waals surface area contributed by atoms with Crippen molar-refractivity contribution in [3.63, 3.8) is 0 Å². The number of rotatable bonds is 8. The highest BCUT2D eigenvalue weighted by Gasteiger charge is 2.21. The SMILES string of the molecule is CNC=O.CNc1cc(Nc2ccc(C3CCC3)cc2N(C)SC)c(C)c(N)n1.O=CC1CC1. The van der Waals surface area contributed by atoms with E-state index < -0.39 is 0 Å². The molecule has 1 heterocycles. The Bertz CT molecular complexity index is 947.